The van der Waals surface area contributed by atoms with Gasteiger partial charge in [0.05, 0.1) is 21.9 Å². The molecule has 1 saturated heterocycles. The van der Waals surface area contributed by atoms with Crippen molar-refractivity contribution >= 4 is 63.8 Å². The molecular weight excluding hydrogens is 551 g/mol. The summed E-state index contributed by atoms with van der Waals surface area (Å²) >= 11 is 14.1. The Bertz CT molecular complexity index is 1720. The number of nitrogens with one attached hydrogen (secondary N) is 1. The number of fused-ring (bicyclic) bond motifs is 6. The number of anilines is 1. The molecule has 4 heterocycles. The van der Waals surface area contributed by atoms with Gasteiger partial charge >= 0.3 is 0 Å². The fraction of sp³-hybridized carbons (Fsp3) is 0.129. The number of Topliss-reactive ketones (excluding diaryl/α,β-unsaturated/α-hetero) is 2. The number of halogens is 2. The van der Waals surface area contributed by atoms with Crippen LogP contribution < -0.4 is 5.32 Å². The summed E-state index contributed by atoms with van der Waals surface area (Å²) in [5, 5.41) is 5.45. The van der Waals surface area contributed by atoms with Gasteiger partial charge in [0, 0.05) is 22.5 Å². The average molecular weight is 571 g/mol. The molecule has 0 radical (unpaired) electrons. The summed E-state index contributed by atoms with van der Waals surface area (Å²) in [6.07, 6.45) is 3.80. The number of nitrogens with zero attached hydrogens (tertiary/aromatic N) is 1. The molecule has 7 rings (SSSR count). The summed E-state index contributed by atoms with van der Waals surface area (Å²) in [5.74, 6) is -1.97. The molecule has 4 aromatic rings. The minimum atomic E-state index is -1.39. The van der Waals surface area contributed by atoms with Crippen molar-refractivity contribution in [2.45, 2.75) is 17.5 Å². The fourth-order valence-electron chi connectivity index (χ4n) is 6.59. The zero-order chi connectivity index (χ0) is 26.9. The second-order valence-electron chi connectivity index (χ2n) is 9.92. The maximum atomic E-state index is 14.7. The number of carbonyl (C=O) groups excluding carboxylic acids is 3. The number of thiophene rings is 1. The average Bonchev–Trinajstić information content (AvgIpc) is 3.65. The van der Waals surface area contributed by atoms with Gasteiger partial charge in [0.1, 0.15) is 11.5 Å². The standard InChI is InChI=1S/C31H20Cl2N2O3S/c32-18-11-12-20(22(33)16-18)27(36)25-26(28(37)24-10-5-15-39-24)35-14-13-17-6-1-2-7-19(17)29(35)31(25)21-8-3-4-9-23(21)34-30(31)38/h1-16,25-26,29H,(H,34,38)/t25-,26+,29-,31+/m1/s1. The lowest BCUT2D eigenvalue weighted by atomic mass is 9.62. The van der Waals surface area contributed by atoms with Crippen molar-refractivity contribution in [3.8, 4) is 0 Å². The summed E-state index contributed by atoms with van der Waals surface area (Å²) in [6, 6.07) is 22.0. The van der Waals surface area contributed by atoms with Gasteiger partial charge in [-0.2, -0.15) is 0 Å². The maximum absolute atomic E-state index is 14.7. The molecule has 0 bridgehead atoms. The van der Waals surface area contributed by atoms with Crippen LogP contribution in [0.4, 0.5) is 5.69 Å². The molecular formula is C31H20Cl2N2O3S. The van der Waals surface area contributed by atoms with Crippen molar-refractivity contribution in [3.05, 3.63) is 128 Å². The molecule has 1 spiro atoms. The highest BCUT2D eigenvalue weighted by Gasteiger charge is 2.70. The van der Waals surface area contributed by atoms with E-state index in [4.69, 9.17) is 23.2 Å². The van der Waals surface area contributed by atoms with Crippen LogP contribution in [0.25, 0.3) is 6.08 Å². The highest BCUT2D eigenvalue weighted by molar-refractivity contribution is 7.12. The molecule has 3 aromatic carbocycles. The van der Waals surface area contributed by atoms with Crippen LogP contribution in [0.2, 0.25) is 10.0 Å². The zero-order valence-corrected chi connectivity index (χ0v) is 22.6. The summed E-state index contributed by atoms with van der Waals surface area (Å²) in [4.78, 5) is 45.9. The second kappa shape index (κ2) is 8.91. The molecule has 4 atom stereocenters. The van der Waals surface area contributed by atoms with Gasteiger partial charge in [-0.3, -0.25) is 14.4 Å². The van der Waals surface area contributed by atoms with Crippen LogP contribution in [0.1, 0.15) is 42.8 Å². The summed E-state index contributed by atoms with van der Waals surface area (Å²) in [7, 11) is 0. The van der Waals surface area contributed by atoms with E-state index in [1.54, 1.807) is 18.2 Å². The van der Waals surface area contributed by atoms with Gasteiger partial charge in [0.15, 0.2) is 11.6 Å². The molecule has 0 saturated carbocycles. The van der Waals surface area contributed by atoms with Crippen LogP contribution in [-0.2, 0) is 10.2 Å². The molecule has 3 aliphatic heterocycles. The molecule has 0 aliphatic carbocycles. The van der Waals surface area contributed by atoms with Gasteiger partial charge < -0.3 is 10.2 Å². The minimum absolute atomic E-state index is 0.178. The Morgan fingerprint density at radius 1 is 0.923 bits per heavy atom. The number of hydrogen-bond acceptors (Lipinski definition) is 5. The first-order valence-corrected chi connectivity index (χ1v) is 14.1. The third kappa shape index (κ3) is 3.35. The van der Waals surface area contributed by atoms with Crippen molar-refractivity contribution < 1.29 is 14.4 Å². The molecule has 5 nitrogen and oxygen atoms in total. The number of benzene rings is 3. The van der Waals surface area contributed by atoms with Crippen molar-refractivity contribution in [3.63, 3.8) is 0 Å². The normalized spacial score (nSPS) is 24.3. The van der Waals surface area contributed by atoms with Gasteiger partial charge in [-0.05, 0) is 58.5 Å². The molecule has 1 amide bonds. The number of para-hydroxylation sites is 1. The van der Waals surface area contributed by atoms with E-state index in [0.29, 0.717) is 21.2 Å². The van der Waals surface area contributed by atoms with Gasteiger partial charge in [0.25, 0.3) is 0 Å². The summed E-state index contributed by atoms with van der Waals surface area (Å²) in [6.45, 7) is 0. The Morgan fingerprint density at radius 3 is 2.51 bits per heavy atom. The first kappa shape index (κ1) is 24.3. The Balaban J connectivity index is 1.56. The zero-order valence-electron chi connectivity index (χ0n) is 20.3. The lowest BCUT2D eigenvalue weighted by Gasteiger charge is -2.38. The lowest BCUT2D eigenvalue weighted by Crippen LogP contribution is -2.49. The van der Waals surface area contributed by atoms with Crippen molar-refractivity contribution in [2.24, 2.45) is 5.92 Å². The number of hydrogen-bond donors (Lipinski definition) is 1. The van der Waals surface area contributed by atoms with E-state index in [-0.39, 0.29) is 28.1 Å². The Labute approximate surface area is 238 Å². The minimum Gasteiger partial charge on any atom is -0.358 e. The molecule has 1 fully saturated rings. The number of amides is 1. The first-order valence-electron chi connectivity index (χ1n) is 12.5. The Kier molecular flexibility index (Phi) is 5.56. The van der Waals surface area contributed by atoms with Crippen LogP contribution in [-0.4, -0.2) is 28.4 Å². The predicted molar refractivity (Wildman–Crippen MR) is 154 cm³/mol. The van der Waals surface area contributed by atoms with Crippen molar-refractivity contribution in [2.75, 3.05) is 5.32 Å². The molecule has 3 aliphatic rings. The first-order chi connectivity index (χ1) is 18.9. The van der Waals surface area contributed by atoms with Gasteiger partial charge in [-0.1, -0.05) is 71.7 Å². The van der Waals surface area contributed by atoms with E-state index in [1.807, 2.05) is 77.2 Å². The van der Waals surface area contributed by atoms with E-state index in [1.165, 1.54) is 17.4 Å². The third-order valence-electron chi connectivity index (χ3n) is 8.08. The van der Waals surface area contributed by atoms with Crippen LogP contribution in [0.15, 0.2) is 90.4 Å². The molecule has 1 aromatic heterocycles. The largest absolute Gasteiger partial charge is 0.358 e. The van der Waals surface area contributed by atoms with E-state index in [0.717, 1.165) is 11.1 Å². The third-order valence-corrected chi connectivity index (χ3v) is 9.51. The number of ketones is 2. The number of carbonyl (C=O) groups is 3. The topological polar surface area (TPSA) is 66.5 Å². The highest BCUT2D eigenvalue weighted by Crippen LogP contribution is 2.62. The lowest BCUT2D eigenvalue weighted by molar-refractivity contribution is -0.122. The number of rotatable bonds is 4. The van der Waals surface area contributed by atoms with Crippen molar-refractivity contribution in [1.82, 2.24) is 4.90 Å². The van der Waals surface area contributed by atoms with Crippen molar-refractivity contribution in [1.29, 1.82) is 0 Å². The van der Waals surface area contributed by atoms with Crippen LogP contribution in [0.5, 0.6) is 0 Å². The van der Waals surface area contributed by atoms with E-state index in [2.05, 4.69) is 5.32 Å². The SMILES string of the molecule is O=C(c1cccs1)[C@@H]1[C@H](C(=O)c2ccc(Cl)cc2Cl)[C@]2(C(=O)Nc3ccccc32)[C@H]2c3ccccc3C=CN12. The Hall–Kier alpha value is -3.71. The molecule has 192 valence electrons. The molecule has 0 unspecified atom stereocenters. The predicted octanol–water partition coefficient (Wildman–Crippen LogP) is 7.04. The highest BCUT2D eigenvalue weighted by atomic mass is 35.5. The van der Waals surface area contributed by atoms with Crippen LogP contribution in [0, 0.1) is 5.92 Å². The van der Waals surface area contributed by atoms with Gasteiger partial charge in [-0.25, -0.2) is 0 Å². The van der Waals surface area contributed by atoms with Crippen LogP contribution in [0.3, 0.4) is 0 Å². The van der Waals surface area contributed by atoms with Gasteiger partial charge in [-0.15, -0.1) is 11.3 Å². The maximum Gasteiger partial charge on any atom is 0.238 e. The molecule has 39 heavy (non-hydrogen) atoms. The van der Waals surface area contributed by atoms with Gasteiger partial charge in [0.2, 0.25) is 5.91 Å². The fourth-order valence-corrected chi connectivity index (χ4v) is 7.79. The quantitative estimate of drug-likeness (QED) is 0.267. The smallest absolute Gasteiger partial charge is 0.238 e. The van der Waals surface area contributed by atoms with E-state index >= 15 is 0 Å². The summed E-state index contributed by atoms with van der Waals surface area (Å²) < 4.78 is 0. The second-order valence-corrected chi connectivity index (χ2v) is 11.7. The summed E-state index contributed by atoms with van der Waals surface area (Å²) in [5.41, 5.74) is 1.99. The molecule has 8 heteroatoms. The van der Waals surface area contributed by atoms with E-state index in [9.17, 15) is 14.4 Å². The Morgan fingerprint density at radius 2 is 1.72 bits per heavy atom. The van der Waals surface area contributed by atoms with Crippen LogP contribution >= 0.6 is 34.5 Å². The van der Waals surface area contributed by atoms with E-state index < -0.39 is 23.4 Å². The molecule has 1 N–H and O–H groups in total. The monoisotopic (exact) mass is 570 g/mol.